The van der Waals surface area contributed by atoms with Crippen LogP contribution in [0.15, 0.2) is 36.2 Å². The van der Waals surface area contributed by atoms with E-state index in [-0.39, 0.29) is 0 Å². The number of allylic oxidation sites excluding steroid dienone is 3. The van der Waals surface area contributed by atoms with E-state index in [1.165, 1.54) is 5.70 Å². The Hall–Kier alpha value is -1.55. The molecule has 72 valence electrons. The summed E-state index contributed by atoms with van der Waals surface area (Å²) in [4.78, 5) is 0. The smallest absolute Gasteiger partial charge is 0.142 e. The van der Waals surface area contributed by atoms with E-state index in [1.54, 1.807) is 6.20 Å². The van der Waals surface area contributed by atoms with E-state index >= 15 is 0 Å². The minimum Gasteiger partial charge on any atom is -0.264 e. The maximum absolute atomic E-state index is 3.95. The molecule has 1 aromatic heterocycles. The number of aromatic amines is 1. The van der Waals surface area contributed by atoms with Gasteiger partial charge < -0.3 is 0 Å². The van der Waals surface area contributed by atoms with E-state index in [2.05, 4.69) is 38.9 Å². The van der Waals surface area contributed by atoms with E-state index in [0.29, 0.717) is 5.92 Å². The first-order chi connectivity index (χ1) is 6.95. The third-order valence-corrected chi connectivity index (χ3v) is 2.72. The average Bonchev–Trinajstić information content (AvgIpc) is 2.85. The molecule has 1 unspecified atom stereocenters. The van der Waals surface area contributed by atoms with Gasteiger partial charge in [0.15, 0.2) is 0 Å². The number of hydrogen-bond acceptors (Lipinski definition) is 3. The lowest BCUT2D eigenvalue weighted by atomic mass is 9.98. The molecule has 1 fully saturated rings. The minimum absolute atomic E-state index is 0.614. The van der Waals surface area contributed by atoms with Gasteiger partial charge in [0.05, 0.1) is 6.20 Å². The molecule has 2 aliphatic rings. The van der Waals surface area contributed by atoms with Crippen LogP contribution in [0.4, 0.5) is 5.82 Å². The molecule has 0 spiro atoms. The van der Waals surface area contributed by atoms with Crippen LogP contribution in [0, 0.1) is 5.92 Å². The molecule has 4 nitrogen and oxygen atoms in total. The van der Waals surface area contributed by atoms with Crippen molar-refractivity contribution < 1.29 is 0 Å². The topological polar surface area (TPSA) is 44.0 Å². The molecule has 1 atom stereocenters. The summed E-state index contributed by atoms with van der Waals surface area (Å²) in [6.45, 7) is 1.01. The first-order valence-electron chi connectivity index (χ1n) is 4.85. The third kappa shape index (κ3) is 1.08. The maximum atomic E-state index is 3.95. The number of hydrogen-bond donors (Lipinski definition) is 2. The Morgan fingerprint density at radius 3 is 3.36 bits per heavy atom. The number of hydrazine groups is 1. The summed E-state index contributed by atoms with van der Waals surface area (Å²) in [6.07, 6.45) is 9.39. The Balaban J connectivity index is 1.95. The van der Waals surface area contributed by atoms with Crippen molar-refractivity contribution in [2.24, 2.45) is 5.92 Å². The van der Waals surface area contributed by atoms with Crippen molar-refractivity contribution in [2.75, 3.05) is 11.6 Å². The molecule has 0 radical (unpaired) electrons. The van der Waals surface area contributed by atoms with E-state index in [1.807, 2.05) is 6.07 Å². The molecule has 1 aliphatic heterocycles. The highest BCUT2D eigenvalue weighted by molar-refractivity contribution is 5.48. The lowest BCUT2D eigenvalue weighted by molar-refractivity contribution is 0.656. The van der Waals surface area contributed by atoms with Crippen LogP contribution < -0.4 is 10.4 Å². The molecule has 0 saturated carbocycles. The van der Waals surface area contributed by atoms with Crippen LogP contribution in [0.5, 0.6) is 0 Å². The van der Waals surface area contributed by atoms with Crippen LogP contribution in [0.3, 0.4) is 0 Å². The molecule has 0 amide bonds. The number of aromatic nitrogens is 2. The molecule has 2 N–H and O–H groups in total. The monoisotopic (exact) mass is 188 g/mol. The van der Waals surface area contributed by atoms with Crippen LogP contribution in [0.2, 0.25) is 0 Å². The van der Waals surface area contributed by atoms with Crippen LogP contribution >= 0.6 is 0 Å². The summed E-state index contributed by atoms with van der Waals surface area (Å²) in [5.41, 5.74) is 4.69. The van der Waals surface area contributed by atoms with Gasteiger partial charge in [-0.2, -0.15) is 5.10 Å². The fourth-order valence-electron chi connectivity index (χ4n) is 2.00. The summed E-state index contributed by atoms with van der Waals surface area (Å²) in [7, 11) is 0. The first kappa shape index (κ1) is 7.82. The van der Waals surface area contributed by atoms with E-state index in [0.717, 1.165) is 18.8 Å². The van der Waals surface area contributed by atoms with Crippen molar-refractivity contribution in [2.45, 2.75) is 6.42 Å². The highest BCUT2D eigenvalue weighted by Crippen LogP contribution is 2.29. The molecule has 14 heavy (non-hydrogen) atoms. The second-order valence-corrected chi connectivity index (χ2v) is 3.59. The molecule has 3 rings (SSSR count). The van der Waals surface area contributed by atoms with Gasteiger partial charge in [0.1, 0.15) is 5.82 Å². The van der Waals surface area contributed by atoms with Crippen molar-refractivity contribution in [1.29, 1.82) is 0 Å². The highest BCUT2D eigenvalue weighted by atomic mass is 15.6. The van der Waals surface area contributed by atoms with Gasteiger partial charge in [-0.25, -0.2) is 5.43 Å². The first-order valence-corrected chi connectivity index (χ1v) is 4.85. The van der Waals surface area contributed by atoms with Gasteiger partial charge in [-0.15, -0.1) is 0 Å². The predicted octanol–water partition coefficient (Wildman–Crippen LogP) is 1.19. The van der Waals surface area contributed by atoms with Crippen LogP contribution in [0.25, 0.3) is 0 Å². The fraction of sp³-hybridized carbons (Fsp3) is 0.300. The van der Waals surface area contributed by atoms with Crippen molar-refractivity contribution in [1.82, 2.24) is 15.6 Å². The van der Waals surface area contributed by atoms with Crippen molar-refractivity contribution in [3.05, 3.63) is 36.2 Å². The summed E-state index contributed by atoms with van der Waals surface area (Å²) < 4.78 is 0. The van der Waals surface area contributed by atoms with Gasteiger partial charge in [-0.1, -0.05) is 12.2 Å². The number of nitrogens with zero attached hydrogens (tertiary/aromatic N) is 2. The number of fused-ring (bicyclic) bond motifs is 1. The molecule has 1 aliphatic carbocycles. The summed E-state index contributed by atoms with van der Waals surface area (Å²) in [5.74, 6) is 1.62. The number of rotatable bonds is 1. The maximum Gasteiger partial charge on any atom is 0.142 e. The molecule has 4 heteroatoms. The van der Waals surface area contributed by atoms with Crippen molar-refractivity contribution >= 4 is 5.82 Å². The minimum atomic E-state index is 0.614. The zero-order valence-electron chi connectivity index (χ0n) is 7.77. The van der Waals surface area contributed by atoms with Gasteiger partial charge >= 0.3 is 0 Å². The molecule has 2 heterocycles. The highest BCUT2D eigenvalue weighted by Gasteiger charge is 2.29. The number of nitrogens with one attached hydrogen (secondary N) is 2. The molecule has 0 aromatic carbocycles. The zero-order valence-corrected chi connectivity index (χ0v) is 7.77. The summed E-state index contributed by atoms with van der Waals surface area (Å²) in [6, 6.07) is 1.97. The second kappa shape index (κ2) is 2.99. The van der Waals surface area contributed by atoms with E-state index in [4.69, 9.17) is 0 Å². The third-order valence-electron chi connectivity index (χ3n) is 2.72. The molecular formula is C10H12N4. The van der Waals surface area contributed by atoms with Crippen molar-refractivity contribution in [3.63, 3.8) is 0 Å². The normalized spacial score (nSPS) is 25.0. The number of H-pyrrole nitrogens is 1. The second-order valence-electron chi connectivity index (χ2n) is 3.59. The largest absolute Gasteiger partial charge is 0.264 e. The zero-order chi connectivity index (χ0) is 9.38. The van der Waals surface area contributed by atoms with Crippen LogP contribution in [-0.2, 0) is 0 Å². The molecule has 1 saturated heterocycles. The van der Waals surface area contributed by atoms with Crippen LogP contribution in [0.1, 0.15) is 6.42 Å². The Bertz CT molecular complexity index is 377. The lowest BCUT2D eigenvalue weighted by Crippen LogP contribution is -2.29. The van der Waals surface area contributed by atoms with Gasteiger partial charge in [-0.05, 0) is 12.5 Å². The average molecular weight is 188 g/mol. The molecule has 1 aromatic rings. The van der Waals surface area contributed by atoms with Gasteiger partial charge in [0.25, 0.3) is 0 Å². The van der Waals surface area contributed by atoms with Gasteiger partial charge in [-0.3, -0.25) is 10.1 Å². The molecule has 0 bridgehead atoms. The fourth-order valence-corrected chi connectivity index (χ4v) is 2.00. The Morgan fingerprint density at radius 1 is 1.50 bits per heavy atom. The lowest BCUT2D eigenvalue weighted by Gasteiger charge is -2.20. The number of anilines is 1. The quantitative estimate of drug-likeness (QED) is 0.696. The van der Waals surface area contributed by atoms with Gasteiger partial charge in [0, 0.05) is 24.2 Å². The van der Waals surface area contributed by atoms with Gasteiger partial charge in [0.2, 0.25) is 0 Å². The predicted molar refractivity (Wildman–Crippen MR) is 54.4 cm³/mol. The Kier molecular flexibility index (Phi) is 1.67. The summed E-state index contributed by atoms with van der Waals surface area (Å²) >= 11 is 0. The Morgan fingerprint density at radius 2 is 2.50 bits per heavy atom. The van der Waals surface area contributed by atoms with Crippen LogP contribution in [-0.4, -0.2) is 16.7 Å². The van der Waals surface area contributed by atoms with E-state index in [9.17, 15) is 0 Å². The SMILES string of the molecule is C1=CCC2CNN(c3ccn[nH]3)C2=C1. The standard InChI is InChI=1S/C10H12N4/c1-2-4-9-8(3-1)7-12-14(9)10-5-6-11-13-10/h1-2,4-6,8,12H,3,7H2,(H,11,13). The molecular weight excluding hydrogens is 176 g/mol. The summed E-state index contributed by atoms with van der Waals surface area (Å²) in [5, 5.41) is 9.00. The Labute approximate surface area is 82.3 Å². The van der Waals surface area contributed by atoms with E-state index < -0.39 is 0 Å². The van der Waals surface area contributed by atoms with Crippen molar-refractivity contribution in [3.8, 4) is 0 Å².